The first-order valence-corrected chi connectivity index (χ1v) is 8.85. The standard InChI is InChI=1S/C17H35N3O2/c1-5-8-17(4,18)16(21)19-13-15(14(6-2)7-3)20-9-11-22-12-10-20/h14-15H,5-13,18H2,1-4H3,(H,19,21). The van der Waals surface area contributed by atoms with E-state index in [1.165, 1.54) is 0 Å². The molecule has 5 nitrogen and oxygen atoms in total. The summed E-state index contributed by atoms with van der Waals surface area (Å²) in [5, 5.41) is 3.11. The van der Waals surface area contributed by atoms with Crippen LogP contribution in [-0.4, -0.2) is 55.2 Å². The molecule has 1 saturated heterocycles. The van der Waals surface area contributed by atoms with Crippen molar-refractivity contribution >= 4 is 5.91 Å². The Morgan fingerprint density at radius 2 is 1.86 bits per heavy atom. The lowest BCUT2D eigenvalue weighted by Crippen LogP contribution is -2.57. The molecule has 22 heavy (non-hydrogen) atoms. The molecule has 0 radical (unpaired) electrons. The molecule has 0 aromatic rings. The normalized spacial score (nSPS) is 20.6. The number of nitrogens with two attached hydrogens (primary N) is 1. The fourth-order valence-electron chi connectivity index (χ4n) is 3.37. The Balaban J connectivity index is 2.65. The summed E-state index contributed by atoms with van der Waals surface area (Å²) in [5.41, 5.74) is 5.37. The van der Waals surface area contributed by atoms with Crippen LogP contribution >= 0.6 is 0 Å². The molecule has 1 fully saturated rings. The van der Waals surface area contributed by atoms with Crippen molar-refractivity contribution < 1.29 is 9.53 Å². The van der Waals surface area contributed by atoms with Crippen molar-refractivity contribution in [1.82, 2.24) is 10.2 Å². The van der Waals surface area contributed by atoms with Crippen LogP contribution < -0.4 is 11.1 Å². The molecule has 1 amide bonds. The van der Waals surface area contributed by atoms with Crippen molar-refractivity contribution in [3.63, 3.8) is 0 Å². The molecule has 2 atom stereocenters. The van der Waals surface area contributed by atoms with Gasteiger partial charge in [-0.2, -0.15) is 0 Å². The fraction of sp³-hybridized carbons (Fsp3) is 0.941. The minimum absolute atomic E-state index is 0.0291. The van der Waals surface area contributed by atoms with Gasteiger partial charge in [0.25, 0.3) is 0 Å². The van der Waals surface area contributed by atoms with Crippen molar-refractivity contribution in [1.29, 1.82) is 0 Å². The average molecular weight is 313 g/mol. The molecule has 1 aliphatic heterocycles. The van der Waals surface area contributed by atoms with E-state index >= 15 is 0 Å². The lowest BCUT2D eigenvalue weighted by Gasteiger charge is -2.39. The van der Waals surface area contributed by atoms with Gasteiger partial charge < -0.3 is 15.8 Å². The molecule has 5 heteroatoms. The van der Waals surface area contributed by atoms with E-state index in [4.69, 9.17) is 10.5 Å². The van der Waals surface area contributed by atoms with Gasteiger partial charge in [-0.15, -0.1) is 0 Å². The van der Waals surface area contributed by atoms with E-state index in [1.807, 2.05) is 6.92 Å². The van der Waals surface area contributed by atoms with Gasteiger partial charge in [0.05, 0.1) is 18.8 Å². The van der Waals surface area contributed by atoms with Gasteiger partial charge in [0.1, 0.15) is 0 Å². The molecule has 0 aliphatic carbocycles. The van der Waals surface area contributed by atoms with E-state index in [0.717, 1.165) is 45.6 Å². The van der Waals surface area contributed by atoms with Crippen molar-refractivity contribution in [2.24, 2.45) is 11.7 Å². The maximum Gasteiger partial charge on any atom is 0.239 e. The van der Waals surface area contributed by atoms with Gasteiger partial charge in [-0.05, 0) is 19.3 Å². The topological polar surface area (TPSA) is 67.6 Å². The molecular formula is C17H35N3O2. The van der Waals surface area contributed by atoms with E-state index in [0.29, 0.717) is 24.9 Å². The van der Waals surface area contributed by atoms with Crippen LogP contribution in [0, 0.1) is 5.92 Å². The predicted octanol–water partition coefficient (Wildman–Crippen LogP) is 1.76. The molecular weight excluding hydrogens is 278 g/mol. The molecule has 0 aromatic carbocycles. The summed E-state index contributed by atoms with van der Waals surface area (Å²) >= 11 is 0. The predicted molar refractivity (Wildman–Crippen MR) is 90.8 cm³/mol. The largest absolute Gasteiger partial charge is 0.379 e. The second-order valence-electron chi connectivity index (χ2n) is 6.67. The highest BCUT2D eigenvalue weighted by molar-refractivity contribution is 5.85. The number of rotatable bonds is 9. The fourth-order valence-corrected chi connectivity index (χ4v) is 3.37. The summed E-state index contributed by atoms with van der Waals surface area (Å²) in [7, 11) is 0. The van der Waals surface area contributed by atoms with Crippen LogP contribution in [0.1, 0.15) is 53.4 Å². The highest BCUT2D eigenvalue weighted by atomic mass is 16.5. The second-order valence-corrected chi connectivity index (χ2v) is 6.67. The van der Waals surface area contributed by atoms with Crippen molar-refractivity contribution in [2.75, 3.05) is 32.8 Å². The smallest absolute Gasteiger partial charge is 0.239 e. The van der Waals surface area contributed by atoms with Crippen LogP contribution in [0.3, 0.4) is 0 Å². The van der Waals surface area contributed by atoms with Crippen molar-refractivity contribution in [3.8, 4) is 0 Å². The Bertz CT molecular complexity index is 324. The molecule has 0 bridgehead atoms. The first-order valence-electron chi connectivity index (χ1n) is 8.85. The van der Waals surface area contributed by atoms with Gasteiger partial charge >= 0.3 is 0 Å². The van der Waals surface area contributed by atoms with Crippen LogP contribution in [-0.2, 0) is 9.53 Å². The van der Waals surface area contributed by atoms with Gasteiger partial charge in [-0.1, -0.05) is 40.0 Å². The number of carbonyl (C=O) groups is 1. The SMILES string of the molecule is CCCC(C)(N)C(=O)NCC(C(CC)CC)N1CCOCC1. The van der Waals surface area contributed by atoms with Crippen molar-refractivity contribution in [2.45, 2.75) is 65.0 Å². The summed E-state index contributed by atoms with van der Waals surface area (Å²) in [4.78, 5) is 14.8. The van der Waals surface area contributed by atoms with Gasteiger partial charge in [0.2, 0.25) is 5.91 Å². The first-order chi connectivity index (χ1) is 10.5. The number of hydrogen-bond acceptors (Lipinski definition) is 4. The van der Waals surface area contributed by atoms with Gasteiger partial charge in [0.15, 0.2) is 0 Å². The van der Waals surface area contributed by atoms with Gasteiger partial charge in [-0.25, -0.2) is 0 Å². The highest BCUT2D eigenvalue weighted by Gasteiger charge is 2.31. The van der Waals surface area contributed by atoms with Gasteiger partial charge in [0, 0.05) is 25.7 Å². The lowest BCUT2D eigenvalue weighted by molar-refractivity contribution is -0.126. The summed E-state index contributed by atoms with van der Waals surface area (Å²) in [6.07, 6.45) is 3.89. The third-order valence-corrected chi connectivity index (χ3v) is 4.87. The maximum atomic E-state index is 12.4. The van der Waals surface area contributed by atoms with E-state index < -0.39 is 5.54 Å². The number of nitrogens with zero attached hydrogens (tertiary/aromatic N) is 1. The minimum Gasteiger partial charge on any atom is -0.379 e. The number of ether oxygens (including phenoxy) is 1. The summed E-state index contributed by atoms with van der Waals surface area (Å²) in [5.74, 6) is 0.562. The van der Waals surface area contributed by atoms with Crippen LogP contribution in [0.15, 0.2) is 0 Å². The molecule has 1 heterocycles. The van der Waals surface area contributed by atoms with Crippen LogP contribution in [0.5, 0.6) is 0 Å². The maximum absolute atomic E-state index is 12.4. The Labute approximate surface area is 135 Å². The zero-order valence-corrected chi connectivity index (χ0v) is 14.9. The highest BCUT2D eigenvalue weighted by Crippen LogP contribution is 2.20. The van der Waals surface area contributed by atoms with E-state index in [1.54, 1.807) is 0 Å². The molecule has 0 spiro atoms. The number of nitrogens with one attached hydrogen (secondary N) is 1. The Kier molecular flexibility index (Phi) is 8.36. The molecule has 1 rings (SSSR count). The summed E-state index contributed by atoms with van der Waals surface area (Å²) in [6, 6.07) is 0.375. The quantitative estimate of drug-likeness (QED) is 0.680. The van der Waals surface area contributed by atoms with Crippen molar-refractivity contribution in [3.05, 3.63) is 0 Å². The molecule has 0 aromatic heterocycles. The molecule has 0 saturated carbocycles. The molecule has 2 unspecified atom stereocenters. The summed E-state index contributed by atoms with van der Waals surface area (Å²) in [6.45, 7) is 12.5. The summed E-state index contributed by atoms with van der Waals surface area (Å²) < 4.78 is 5.46. The van der Waals surface area contributed by atoms with E-state index in [-0.39, 0.29) is 5.91 Å². The molecule has 1 aliphatic rings. The first kappa shape index (κ1) is 19.4. The molecule has 3 N–H and O–H groups in total. The van der Waals surface area contributed by atoms with E-state index in [2.05, 4.69) is 31.0 Å². The third-order valence-electron chi connectivity index (χ3n) is 4.87. The second kappa shape index (κ2) is 9.48. The Morgan fingerprint density at radius 3 is 2.36 bits per heavy atom. The third kappa shape index (κ3) is 5.52. The van der Waals surface area contributed by atoms with Gasteiger partial charge in [-0.3, -0.25) is 9.69 Å². The van der Waals surface area contributed by atoms with Crippen LogP contribution in [0.25, 0.3) is 0 Å². The number of amides is 1. The minimum atomic E-state index is -0.766. The molecule has 130 valence electrons. The number of morpholine rings is 1. The zero-order chi connectivity index (χ0) is 16.6. The average Bonchev–Trinajstić information content (AvgIpc) is 2.51. The zero-order valence-electron chi connectivity index (χ0n) is 14.9. The Morgan fingerprint density at radius 1 is 1.27 bits per heavy atom. The monoisotopic (exact) mass is 313 g/mol. The lowest BCUT2D eigenvalue weighted by atomic mass is 9.91. The van der Waals surface area contributed by atoms with Crippen LogP contribution in [0.4, 0.5) is 0 Å². The number of carbonyl (C=O) groups excluding carboxylic acids is 1. The van der Waals surface area contributed by atoms with Crippen LogP contribution in [0.2, 0.25) is 0 Å². The number of hydrogen-bond donors (Lipinski definition) is 2. The Hall–Kier alpha value is -0.650. The van der Waals surface area contributed by atoms with E-state index in [9.17, 15) is 4.79 Å².